The van der Waals surface area contributed by atoms with Crippen LogP contribution in [0.2, 0.25) is 0 Å². The second-order valence-corrected chi connectivity index (χ2v) is 4.51. The molecule has 1 heteroatoms. The Labute approximate surface area is 93.4 Å². The van der Waals surface area contributed by atoms with Crippen LogP contribution in [-0.2, 0) is 0 Å². The molecule has 0 aromatic heterocycles. The molecule has 0 fully saturated rings. The Kier molecular flexibility index (Phi) is 3.96. The summed E-state index contributed by atoms with van der Waals surface area (Å²) >= 11 is 0. The Morgan fingerprint density at radius 3 is 2.47 bits per heavy atom. The van der Waals surface area contributed by atoms with Gasteiger partial charge in [0.25, 0.3) is 0 Å². The molecule has 0 bridgehead atoms. The van der Waals surface area contributed by atoms with E-state index in [0.29, 0.717) is 5.92 Å². The minimum atomic E-state index is 0.656. The van der Waals surface area contributed by atoms with E-state index in [1.54, 1.807) is 0 Å². The molecule has 15 heavy (non-hydrogen) atoms. The molecule has 0 spiro atoms. The van der Waals surface area contributed by atoms with Gasteiger partial charge in [-0.15, -0.1) is 0 Å². The van der Waals surface area contributed by atoms with Gasteiger partial charge in [0.05, 0.1) is 0 Å². The number of hydrogen-bond donors (Lipinski definition) is 0. The lowest BCUT2D eigenvalue weighted by Gasteiger charge is -2.24. The molecule has 0 radical (unpaired) electrons. The Hall–Kier alpha value is -1.24. The topological polar surface area (TPSA) is 3.24 Å². The monoisotopic (exact) mass is 203 g/mol. The van der Waals surface area contributed by atoms with Crippen LogP contribution in [0.1, 0.15) is 25.8 Å². The first-order chi connectivity index (χ1) is 7.02. The molecule has 0 aliphatic carbocycles. The van der Waals surface area contributed by atoms with E-state index in [-0.39, 0.29) is 0 Å². The minimum Gasteiger partial charge on any atom is -0.349 e. The fourth-order valence-corrected chi connectivity index (χ4v) is 1.72. The van der Waals surface area contributed by atoms with E-state index in [1.165, 1.54) is 16.9 Å². The SMILES string of the molecule is C=C(CC(C)C)N(C)c1ccccc1C. The van der Waals surface area contributed by atoms with E-state index in [0.717, 1.165) is 6.42 Å². The normalized spacial score (nSPS) is 10.5. The third-order valence-corrected chi connectivity index (χ3v) is 2.60. The summed E-state index contributed by atoms with van der Waals surface area (Å²) in [6, 6.07) is 8.41. The summed E-state index contributed by atoms with van der Waals surface area (Å²) in [5, 5.41) is 0. The van der Waals surface area contributed by atoms with Crippen LogP contribution >= 0.6 is 0 Å². The first kappa shape index (κ1) is 11.8. The summed E-state index contributed by atoms with van der Waals surface area (Å²) in [4.78, 5) is 2.19. The largest absolute Gasteiger partial charge is 0.349 e. The number of nitrogens with zero attached hydrogens (tertiary/aromatic N) is 1. The van der Waals surface area contributed by atoms with Gasteiger partial charge in [0.15, 0.2) is 0 Å². The third kappa shape index (κ3) is 3.12. The number of allylic oxidation sites excluding steroid dienone is 1. The second-order valence-electron chi connectivity index (χ2n) is 4.51. The van der Waals surface area contributed by atoms with E-state index in [1.807, 2.05) is 0 Å². The van der Waals surface area contributed by atoms with E-state index >= 15 is 0 Å². The minimum absolute atomic E-state index is 0.656. The maximum atomic E-state index is 4.14. The van der Waals surface area contributed by atoms with Crippen LogP contribution in [-0.4, -0.2) is 7.05 Å². The van der Waals surface area contributed by atoms with Gasteiger partial charge in [0.2, 0.25) is 0 Å². The molecule has 0 saturated carbocycles. The van der Waals surface area contributed by atoms with Crippen molar-refractivity contribution in [1.82, 2.24) is 0 Å². The lowest BCUT2D eigenvalue weighted by Crippen LogP contribution is -2.17. The highest BCUT2D eigenvalue weighted by atomic mass is 15.1. The zero-order chi connectivity index (χ0) is 11.4. The summed E-state index contributed by atoms with van der Waals surface area (Å²) in [6.45, 7) is 10.7. The van der Waals surface area contributed by atoms with Crippen molar-refractivity contribution >= 4 is 5.69 Å². The van der Waals surface area contributed by atoms with Crippen molar-refractivity contribution in [3.05, 3.63) is 42.1 Å². The van der Waals surface area contributed by atoms with Gasteiger partial charge in [-0.2, -0.15) is 0 Å². The summed E-state index contributed by atoms with van der Waals surface area (Å²) in [5.74, 6) is 0.656. The maximum Gasteiger partial charge on any atom is 0.0435 e. The average molecular weight is 203 g/mol. The molecule has 1 rings (SSSR count). The molecule has 0 heterocycles. The predicted molar refractivity (Wildman–Crippen MR) is 68.2 cm³/mol. The van der Waals surface area contributed by atoms with E-state index in [2.05, 4.69) is 63.6 Å². The summed E-state index contributed by atoms with van der Waals surface area (Å²) in [5.41, 5.74) is 3.73. The zero-order valence-electron chi connectivity index (χ0n) is 10.2. The van der Waals surface area contributed by atoms with Gasteiger partial charge in [-0.3, -0.25) is 0 Å². The predicted octanol–water partition coefficient (Wildman–Crippen LogP) is 3.99. The molecule has 82 valence electrons. The molecule has 0 saturated heterocycles. The zero-order valence-corrected chi connectivity index (χ0v) is 10.2. The van der Waals surface area contributed by atoms with Crippen LogP contribution in [0, 0.1) is 12.8 Å². The molecule has 0 aliphatic rings. The number of anilines is 1. The van der Waals surface area contributed by atoms with Crippen molar-refractivity contribution < 1.29 is 0 Å². The van der Waals surface area contributed by atoms with Crippen LogP contribution in [0.25, 0.3) is 0 Å². The van der Waals surface area contributed by atoms with Crippen LogP contribution < -0.4 is 4.90 Å². The van der Waals surface area contributed by atoms with Gasteiger partial charge in [0.1, 0.15) is 0 Å². The fourth-order valence-electron chi connectivity index (χ4n) is 1.72. The molecule has 1 nitrogen and oxygen atoms in total. The fraction of sp³-hybridized carbons (Fsp3) is 0.429. The van der Waals surface area contributed by atoms with Gasteiger partial charge in [-0.1, -0.05) is 38.6 Å². The molecule has 0 aliphatic heterocycles. The van der Waals surface area contributed by atoms with Crippen molar-refractivity contribution in [2.45, 2.75) is 27.2 Å². The number of aryl methyl sites for hydroxylation is 1. The lowest BCUT2D eigenvalue weighted by atomic mass is 10.1. The number of rotatable bonds is 4. The van der Waals surface area contributed by atoms with Crippen LogP contribution in [0.15, 0.2) is 36.5 Å². The van der Waals surface area contributed by atoms with Crippen LogP contribution in [0.5, 0.6) is 0 Å². The Balaban J connectivity index is 2.81. The highest BCUT2D eigenvalue weighted by Crippen LogP contribution is 2.23. The highest BCUT2D eigenvalue weighted by molar-refractivity contribution is 5.56. The molecule has 0 amide bonds. The number of benzene rings is 1. The van der Waals surface area contributed by atoms with E-state index in [9.17, 15) is 0 Å². The van der Waals surface area contributed by atoms with Crippen molar-refractivity contribution in [2.75, 3.05) is 11.9 Å². The first-order valence-corrected chi connectivity index (χ1v) is 5.49. The van der Waals surface area contributed by atoms with Crippen molar-refractivity contribution in [3.8, 4) is 0 Å². The Morgan fingerprint density at radius 1 is 1.33 bits per heavy atom. The Bertz CT molecular complexity index is 339. The summed E-state index contributed by atoms with van der Waals surface area (Å²) in [6.07, 6.45) is 1.05. The van der Waals surface area contributed by atoms with E-state index < -0.39 is 0 Å². The van der Waals surface area contributed by atoms with Crippen molar-refractivity contribution in [2.24, 2.45) is 5.92 Å². The average Bonchev–Trinajstić information content (AvgIpc) is 2.16. The van der Waals surface area contributed by atoms with Gasteiger partial charge < -0.3 is 4.90 Å². The summed E-state index contributed by atoms with van der Waals surface area (Å²) in [7, 11) is 2.09. The van der Waals surface area contributed by atoms with Crippen LogP contribution in [0.3, 0.4) is 0 Å². The third-order valence-electron chi connectivity index (χ3n) is 2.60. The first-order valence-electron chi connectivity index (χ1n) is 5.49. The standard InChI is InChI=1S/C14H21N/c1-11(2)10-13(4)15(5)14-9-7-6-8-12(14)3/h6-9,11H,4,10H2,1-3,5H3. The van der Waals surface area contributed by atoms with Gasteiger partial charge in [-0.25, -0.2) is 0 Å². The number of hydrogen-bond acceptors (Lipinski definition) is 1. The molecular weight excluding hydrogens is 182 g/mol. The van der Waals surface area contributed by atoms with Crippen molar-refractivity contribution in [3.63, 3.8) is 0 Å². The van der Waals surface area contributed by atoms with E-state index in [4.69, 9.17) is 0 Å². The molecule has 0 atom stereocenters. The molecule has 1 aromatic carbocycles. The highest BCUT2D eigenvalue weighted by Gasteiger charge is 2.08. The molecule has 0 N–H and O–H groups in total. The second kappa shape index (κ2) is 5.01. The quantitative estimate of drug-likeness (QED) is 0.715. The van der Waals surface area contributed by atoms with Crippen LogP contribution in [0.4, 0.5) is 5.69 Å². The molecular formula is C14H21N. The smallest absolute Gasteiger partial charge is 0.0435 e. The number of para-hydroxylation sites is 1. The van der Waals surface area contributed by atoms with Gasteiger partial charge in [0, 0.05) is 18.4 Å². The Morgan fingerprint density at radius 2 is 1.93 bits per heavy atom. The summed E-state index contributed by atoms with van der Waals surface area (Å²) < 4.78 is 0. The van der Waals surface area contributed by atoms with Crippen molar-refractivity contribution in [1.29, 1.82) is 0 Å². The maximum absolute atomic E-state index is 4.14. The van der Waals surface area contributed by atoms with Gasteiger partial charge in [-0.05, 0) is 30.9 Å². The molecule has 1 aromatic rings. The molecule has 0 unspecified atom stereocenters. The lowest BCUT2D eigenvalue weighted by molar-refractivity contribution is 0.633. The van der Waals surface area contributed by atoms with Gasteiger partial charge >= 0.3 is 0 Å².